The molecule has 0 radical (unpaired) electrons. The smallest absolute Gasteiger partial charge is 0.258 e. The van der Waals surface area contributed by atoms with Crippen molar-refractivity contribution in [2.45, 2.75) is 13.5 Å². The average Bonchev–Trinajstić information content (AvgIpc) is 2.48. The summed E-state index contributed by atoms with van der Waals surface area (Å²) in [5.74, 6) is 0.0217. The molecule has 5 heteroatoms. The van der Waals surface area contributed by atoms with E-state index in [9.17, 15) is 9.18 Å². The average molecular weight is 288 g/mol. The minimum Gasteiger partial charge on any atom is -0.484 e. The van der Waals surface area contributed by atoms with E-state index in [4.69, 9.17) is 10.5 Å². The number of carbonyl (C=O) groups is 1. The Morgan fingerprint density at radius 1 is 1.24 bits per heavy atom. The van der Waals surface area contributed by atoms with Gasteiger partial charge < -0.3 is 15.8 Å². The van der Waals surface area contributed by atoms with Gasteiger partial charge in [0.15, 0.2) is 6.61 Å². The number of ether oxygens (including phenoxy) is 1. The Kier molecular flexibility index (Phi) is 4.77. The van der Waals surface area contributed by atoms with Crippen LogP contribution in [0.5, 0.6) is 5.75 Å². The molecule has 0 aromatic heterocycles. The van der Waals surface area contributed by atoms with Gasteiger partial charge in [0.25, 0.3) is 5.91 Å². The number of hydrogen-bond donors (Lipinski definition) is 2. The predicted molar refractivity (Wildman–Crippen MR) is 79.3 cm³/mol. The second-order valence-corrected chi connectivity index (χ2v) is 4.72. The summed E-state index contributed by atoms with van der Waals surface area (Å²) in [5.41, 5.74) is 7.47. The van der Waals surface area contributed by atoms with Gasteiger partial charge in [0.1, 0.15) is 11.6 Å². The van der Waals surface area contributed by atoms with Crippen molar-refractivity contribution in [1.82, 2.24) is 5.32 Å². The van der Waals surface area contributed by atoms with Crippen molar-refractivity contribution in [3.05, 3.63) is 59.4 Å². The molecule has 0 fully saturated rings. The molecule has 0 aliphatic carbocycles. The third-order valence-corrected chi connectivity index (χ3v) is 2.98. The van der Waals surface area contributed by atoms with Gasteiger partial charge in [0, 0.05) is 12.2 Å². The van der Waals surface area contributed by atoms with Gasteiger partial charge in [0.2, 0.25) is 0 Å². The Labute approximate surface area is 122 Å². The lowest BCUT2D eigenvalue weighted by atomic mass is 10.1. The first-order valence-corrected chi connectivity index (χ1v) is 6.54. The van der Waals surface area contributed by atoms with Crippen LogP contribution in [0.15, 0.2) is 42.5 Å². The van der Waals surface area contributed by atoms with Gasteiger partial charge in [-0.25, -0.2) is 4.39 Å². The summed E-state index contributed by atoms with van der Waals surface area (Å²) in [4.78, 5) is 11.7. The van der Waals surface area contributed by atoms with Crippen LogP contribution in [0.25, 0.3) is 0 Å². The first kappa shape index (κ1) is 14.8. The molecule has 0 heterocycles. The number of amides is 1. The molecule has 0 aliphatic heterocycles. The molecule has 110 valence electrons. The van der Waals surface area contributed by atoms with Gasteiger partial charge in [0.05, 0.1) is 0 Å². The van der Waals surface area contributed by atoms with Crippen LogP contribution < -0.4 is 15.8 Å². The molecule has 21 heavy (non-hydrogen) atoms. The van der Waals surface area contributed by atoms with Crippen molar-refractivity contribution in [2.75, 3.05) is 12.3 Å². The molecule has 4 nitrogen and oxygen atoms in total. The molecule has 0 saturated heterocycles. The second-order valence-electron chi connectivity index (χ2n) is 4.72. The fraction of sp³-hybridized carbons (Fsp3) is 0.188. The Bertz CT molecular complexity index is 627. The van der Waals surface area contributed by atoms with Gasteiger partial charge in [-0.15, -0.1) is 0 Å². The van der Waals surface area contributed by atoms with E-state index in [2.05, 4.69) is 5.32 Å². The molecule has 2 rings (SSSR count). The number of halogens is 1. The van der Waals surface area contributed by atoms with E-state index < -0.39 is 0 Å². The highest BCUT2D eigenvalue weighted by Gasteiger charge is 2.04. The summed E-state index contributed by atoms with van der Waals surface area (Å²) in [7, 11) is 0. The number of hydrogen-bond acceptors (Lipinski definition) is 3. The zero-order valence-corrected chi connectivity index (χ0v) is 11.7. The van der Waals surface area contributed by atoms with Crippen LogP contribution in [0.3, 0.4) is 0 Å². The van der Waals surface area contributed by atoms with Crippen LogP contribution in [0.1, 0.15) is 11.1 Å². The number of aryl methyl sites for hydroxylation is 1. The molecule has 3 N–H and O–H groups in total. The Morgan fingerprint density at radius 2 is 1.95 bits per heavy atom. The first-order valence-electron chi connectivity index (χ1n) is 6.54. The van der Waals surface area contributed by atoms with Crippen LogP contribution in [0, 0.1) is 12.7 Å². The van der Waals surface area contributed by atoms with Crippen molar-refractivity contribution in [1.29, 1.82) is 0 Å². The summed E-state index contributed by atoms with van der Waals surface area (Å²) < 4.78 is 18.7. The molecule has 0 spiro atoms. The molecule has 0 saturated carbocycles. The minimum atomic E-state index is -0.278. The summed E-state index contributed by atoms with van der Waals surface area (Å²) in [6.45, 7) is 1.86. The quantitative estimate of drug-likeness (QED) is 0.830. The first-order chi connectivity index (χ1) is 10.0. The SMILES string of the molecule is Cc1ccc(CNC(=O)COc2ccc(N)cc2)cc1F. The van der Waals surface area contributed by atoms with E-state index in [-0.39, 0.29) is 24.9 Å². The Morgan fingerprint density at radius 3 is 2.62 bits per heavy atom. The number of nitrogen functional groups attached to an aromatic ring is 1. The predicted octanol–water partition coefficient (Wildman–Crippen LogP) is 2.41. The van der Waals surface area contributed by atoms with Gasteiger partial charge in [-0.1, -0.05) is 12.1 Å². The van der Waals surface area contributed by atoms with Crippen molar-refractivity contribution >= 4 is 11.6 Å². The van der Waals surface area contributed by atoms with E-state index in [0.29, 0.717) is 22.6 Å². The molecule has 0 bridgehead atoms. The number of nitrogens with one attached hydrogen (secondary N) is 1. The minimum absolute atomic E-state index is 0.0989. The fourth-order valence-electron chi connectivity index (χ4n) is 1.71. The molecular weight excluding hydrogens is 271 g/mol. The van der Waals surface area contributed by atoms with Crippen LogP contribution in [-0.4, -0.2) is 12.5 Å². The van der Waals surface area contributed by atoms with Gasteiger partial charge in [-0.05, 0) is 48.4 Å². The topological polar surface area (TPSA) is 64.3 Å². The lowest BCUT2D eigenvalue weighted by Crippen LogP contribution is -2.28. The van der Waals surface area contributed by atoms with Gasteiger partial charge in [-0.2, -0.15) is 0 Å². The molecular formula is C16H17FN2O2. The van der Waals surface area contributed by atoms with E-state index in [1.807, 2.05) is 0 Å². The number of carbonyl (C=O) groups excluding carboxylic acids is 1. The van der Waals surface area contributed by atoms with Crippen molar-refractivity contribution in [2.24, 2.45) is 0 Å². The largest absolute Gasteiger partial charge is 0.484 e. The van der Waals surface area contributed by atoms with E-state index in [1.54, 1.807) is 43.3 Å². The third kappa shape index (κ3) is 4.49. The maximum Gasteiger partial charge on any atom is 0.258 e. The van der Waals surface area contributed by atoms with Crippen LogP contribution in [-0.2, 0) is 11.3 Å². The van der Waals surface area contributed by atoms with Crippen LogP contribution in [0.4, 0.5) is 10.1 Å². The Hall–Kier alpha value is -2.56. The van der Waals surface area contributed by atoms with E-state index in [0.717, 1.165) is 0 Å². The molecule has 0 atom stereocenters. The highest BCUT2D eigenvalue weighted by atomic mass is 19.1. The molecule has 0 unspecified atom stereocenters. The monoisotopic (exact) mass is 288 g/mol. The maximum absolute atomic E-state index is 13.4. The molecule has 2 aromatic rings. The fourth-order valence-corrected chi connectivity index (χ4v) is 1.71. The van der Waals surface area contributed by atoms with Gasteiger partial charge >= 0.3 is 0 Å². The summed E-state index contributed by atoms with van der Waals surface area (Å²) in [6, 6.07) is 11.7. The van der Waals surface area contributed by atoms with Gasteiger partial charge in [-0.3, -0.25) is 4.79 Å². The van der Waals surface area contributed by atoms with Crippen molar-refractivity contribution in [3.8, 4) is 5.75 Å². The molecule has 1 amide bonds. The van der Waals surface area contributed by atoms with Crippen LogP contribution >= 0.6 is 0 Å². The lowest BCUT2D eigenvalue weighted by Gasteiger charge is -2.08. The zero-order chi connectivity index (χ0) is 15.2. The normalized spacial score (nSPS) is 10.2. The van der Waals surface area contributed by atoms with E-state index in [1.165, 1.54) is 6.07 Å². The standard InChI is InChI=1S/C16H17FN2O2/c1-11-2-3-12(8-15(11)17)9-19-16(20)10-21-14-6-4-13(18)5-7-14/h2-8H,9-10,18H2,1H3,(H,19,20). The maximum atomic E-state index is 13.4. The zero-order valence-electron chi connectivity index (χ0n) is 11.7. The number of benzene rings is 2. The summed E-state index contributed by atoms with van der Waals surface area (Å²) >= 11 is 0. The lowest BCUT2D eigenvalue weighted by molar-refractivity contribution is -0.123. The highest BCUT2D eigenvalue weighted by molar-refractivity contribution is 5.77. The Balaban J connectivity index is 1.79. The highest BCUT2D eigenvalue weighted by Crippen LogP contribution is 2.13. The molecule has 0 aliphatic rings. The molecule has 2 aromatic carbocycles. The number of anilines is 1. The number of nitrogens with two attached hydrogens (primary N) is 1. The summed E-state index contributed by atoms with van der Waals surface area (Å²) in [6.07, 6.45) is 0. The third-order valence-electron chi connectivity index (χ3n) is 2.98. The second kappa shape index (κ2) is 6.74. The van der Waals surface area contributed by atoms with Crippen LogP contribution in [0.2, 0.25) is 0 Å². The van der Waals surface area contributed by atoms with E-state index >= 15 is 0 Å². The van der Waals surface area contributed by atoms with Crippen molar-refractivity contribution in [3.63, 3.8) is 0 Å². The number of rotatable bonds is 5. The summed E-state index contributed by atoms with van der Waals surface area (Å²) in [5, 5.41) is 2.67. The van der Waals surface area contributed by atoms with Crippen molar-refractivity contribution < 1.29 is 13.9 Å².